The maximum atomic E-state index is 12.6. The summed E-state index contributed by atoms with van der Waals surface area (Å²) in [6, 6.07) is 4.08. The van der Waals surface area contributed by atoms with Crippen molar-refractivity contribution in [2.45, 2.75) is 19.9 Å². The molecule has 1 saturated heterocycles. The second-order valence-electron chi connectivity index (χ2n) is 6.64. The minimum absolute atomic E-state index is 0.230. The lowest BCUT2D eigenvalue weighted by atomic mass is 10.2. The molecule has 4 rings (SSSR count). The summed E-state index contributed by atoms with van der Waals surface area (Å²) in [5.41, 5.74) is 3.48. The van der Waals surface area contributed by atoms with E-state index in [0.717, 1.165) is 62.4 Å². The predicted molar refractivity (Wildman–Crippen MR) is 100 cm³/mol. The first-order valence-corrected chi connectivity index (χ1v) is 9.67. The van der Waals surface area contributed by atoms with Gasteiger partial charge in [0, 0.05) is 51.2 Å². The van der Waals surface area contributed by atoms with Gasteiger partial charge in [-0.15, -0.1) is 0 Å². The number of hydrogen-bond acceptors (Lipinski definition) is 6. The summed E-state index contributed by atoms with van der Waals surface area (Å²) in [6.07, 6.45) is 2.34. The van der Waals surface area contributed by atoms with Crippen LogP contribution >= 0.6 is 11.8 Å². The zero-order valence-corrected chi connectivity index (χ0v) is 15.3. The molecule has 0 atom stereocenters. The maximum absolute atomic E-state index is 12.6. The molecule has 0 unspecified atom stereocenters. The number of rotatable bonds is 4. The third-order valence-electron chi connectivity index (χ3n) is 5.00. The van der Waals surface area contributed by atoms with Crippen LogP contribution in [-0.4, -0.2) is 70.0 Å². The minimum atomic E-state index is 0.230. The van der Waals surface area contributed by atoms with E-state index in [0.29, 0.717) is 6.42 Å². The Morgan fingerprint density at radius 3 is 2.88 bits per heavy atom. The number of fused-ring (bicyclic) bond motifs is 1. The number of hydrogen-bond donors (Lipinski definition) is 0. The van der Waals surface area contributed by atoms with Gasteiger partial charge in [0.15, 0.2) is 5.17 Å². The van der Waals surface area contributed by atoms with Crippen molar-refractivity contribution < 1.29 is 4.79 Å². The van der Waals surface area contributed by atoms with Gasteiger partial charge in [0.05, 0.1) is 18.7 Å². The number of thioether (sulfide) groups is 1. The minimum Gasteiger partial charge on any atom is -0.340 e. The lowest BCUT2D eigenvalue weighted by Gasteiger charge is -2.35. The topological polar surface area (TPSA) is 52.0 Å². The third kappa shape index (κ3) is 3.57. The molecule has 1 fully saturated rings. The second kappa shape index (κ2) is 7.17. The van der Waals surface area contributed by atoms with Crippen molar-refractivity contribution >= 4 is 22.8 Å². The number of aryl methyl sites for hydroxylation is 1. The summed E-state index contributed by atoms with van der Waals surface area (Å²) in [4.78, 5) is 28.1. The molecule has 0 N–H and O–H groups in total. The maximum Gasteiger partial charge on any atom is 0.228 e. The molecule has 3 aliphatic heterocycles. The van der Waals surface area contributed by atoms with Crippen molar-refractivity contribution in [3.05, 3.63) is 40.7 Å². The van der Waals surface area contributed by atoms with E-state index in [1.165, 1.54) is 5.56 Å². The molecule has 0 aromatic carbocycles. The Morgan fingerprint density at radius 2 is 2.08 bits per heavy atom. The van der Waals surface area contributed by atoms with Gasteiger partial charge < -0.3 is 9.80 Å². The predicted octanol–water partition coefficient (Wildman–Crippen LogP) is 1.68. The monoisotopic (exact) mass is 357 g/mol. The van der Waals surface area contributed by atoms with E-state index < -0.39 is 0 Å². The van der Waals surface area contributed by atoms with Crippen molar-refractivity contribution in [2.24, 2.45) is 4.99 Å². The van der Waals surface area contributed by atoms with Gasteiger partial charge in [-0.05, 0) is 24.0 Å². The molecule has 4 heterocycles. The molecule has 0 radical (unpaired) electrons. The van der Waals surface area contributed by atoms with Crippen LogP contribution in [0.2, 0.25) is 0 Å². The van der Waals surface area contributed by atoms with Crippen LogP contribution in [-0.2, 0) is 11.3 Å². The molecule has 7 heteroatoms. The fourth-order valence-electron chi connectivity index (χ4n) is 3.43. The Balaban J connectivity index is 1.28. The second-order valence-corrected chi connectivity index (χ2v) is 7.48. The van der Waals surface area contributed by atoms with Gasteiger partial charge in [0.1, 0.15) is 0 Å². The number of nitrogens with zero attached hydrogens (tertiary/aromatic N) is 5. The Kier molecular flexibility index (Phi) is 4.76. The van der Waals surface area contributed by atoms with Gasteiger partial charge in [0.25, 0.3) is 0 Å². The molecular formula is C18H23N5OS. The molecule has 6 nitrogen and oxygen atoms in total. The first-order chi connectivity index (χ1) is 12.2. The lowest BCUT2D eigenvalue weighted by molar-refractivity contribution is -0.132. The standard InChI is InChI=1S/C18H23N5OS/c1-14-3-2-4-19-16(14)12-21-7-9-22(10-8-21)17(24)11-15-13-25-18-20-5-6-23(15)18/h2-4,13H,5-12H2,1H3. The van der Waals surface area contributed by atoms with Gasteiger partial charge in [-0.25, -0.2) is 0 Å². The molecule has 0 saturated carbocycles. The van der Waals surface area contributed by atoms with Crippen LogP contribution in [0.25, 0.3) is 0 Å². The van der Waals surface area contributed by atoms with Gasteiger partial charge in [-0.2, -0.15) is 0 Å². The summed E-state index contributed by atoms with van der Waals surface area (Å²) >= 11 is 1.64. The van der Waals surface area contributed by atoms with E-state index in [2.05, 4.69) is 38.2 Å². The zero-order valence-electron chi connectivity index (χ0n) is 14.5. The van der Waals surface area contributed by atoms with E-state index in [1.807, 2.05) is 17.2 Å². The molecule has 25 heavy (non-hydrogen) atoms. The van der Waals surface area contributed by atoms with Crippen molar-refractivity contribution in [3.8, 4) is 0 Å². The molecule has 0 aliphatic carbocycles. The number of aromatic nitrogens is 1. The number of amides is 1. The molecule has 132 valence electrons. The van der Waals surface area contributed by atoms with Gasteiger partial charge >= 0.3 is 0 Å². The van der Waals surface area contributed by atoms with Gasteiger partial charge in [-0.1, -0.05) is 17.8 Å². The highest BCUT2D eigenvalue weighted by Crippen LogP contribution is 2.31. The van der Waals surface area contributed by atoms with Crippen molar-refractivity contribution in [3.63, 3.8) is 0 Å². The Morgan fingerprint density at radius 1 is 1.24 bits per heavy atom. The fourth-order valence-corrected chi connectivity index (χ4v) is 4.39. The molecule has 0 bridgehead atoms. The van der Waals surface area contributed by atoms with Gasteiger partial charge in [-0.3, -0.25) is 19.7 Å². The van der Waals surface area contributed by atoms with Crippen LogP contribution in [0.3, 0.4) is 0 Å². The quantitative estimate of drug-likeness (QED) is 0.821. The summed E-state index contributed by atoms with van der Waals surface area (Å²) in [7, 11) is 0. The molecule has 1 aromatic heterocycles. The van der Waals surface area contributed by atoms with Crippen LogP contribution in [0.15, 0.2) is 34.4 Å². The number of aliphatic imine (C=N–C) groups is 1. The third-order valence-corrected chi connectivity index (χ3v) is 5.95. The van der Waals surface area contributed by atoms with Crippen LogP contribution in [0.5, 0.6) is 0 Å². The summed E-state index contributed by atoms with van der Waals surface area (Å²) in [6.45, 7) is 8.14. The van der Waals surface area contributed by atoms with E-state index in [9.17, 15) is 4.79 Å². The Hall–Kier alpha value is -1.86. The van der Waals surface area contributed by atoms with Crippen LogP contribution in [0.4, 0.5) is 0 Å². The average Bonchev–Trinajstić information content (AvgIpc) is 3.23. The Labute approximate surface area is 152 Å². The lowest BCUT2D eigenvalue weighted by Crippen LogP contribution is -2.48. The summed E-state index contributed by atoms with van der Waals surface area (Å²) in [5.74, 6) is 0.230. The van der Waals surface area contributed by atoms with Crippen LogP contribution < -0.4 is 0 Å². The zero-order chi connectivity index (χ0) is 17.2. The van der Waals surface area contributed by atoms with Gasteiger partial charge in [0.2, 0.25) is 5.91 Å². The molecule has 0 spiro atoms. The van der Waals surface area contributed by atoms with E-state index >= 15 is 0 Å². The highest BCUT2D eigenvalue weighted by atomic mass is 32.2. The number of carbonyl (C=O) groups excluding carboxylic acids is 1. The first kappa shape index (κ1) is 16.6. The van der Waals surface area contributed by atoms with Crippen molar-refractivity contribution in [1.82, 2.24) is 19.7 Å². The fraction of sp³-hybridized carbons (Fsp3) is 0.500. The average molecular weight is 357 g/mol. The molecule has 3 aliphatic rings. The number of carbonyl (C=O) groups is 1. The Bertz CT molecular complexity index is 724. The first-order valence-electron chi connectivity index (χ1n) is 8.79. The van der Waals surface area contributed by atoms with Crippen molar-refractivity contribution in [1.29, 1.82) is 0 Å². The highest BCUT2D eigenvalue weighted by molar-refractivity contribution is 8.16. The summed E-state index contributed by atoms with van der Waals surface area (Å²) in [5, 5.41) is 3.13. The summed E-state index contributed by atoms with van der Waals surface area (Å²) < 4.78 is 0. The highest BCUT2D eigenvalue weighted by Gasteiger charge is 2.29. The van der Waals surface area contributed by atoms with Crippen molar-refractivity contribution in [2.75, 3.05) is 39.3 Å². The van der Waals surface area contributed by atoms with Crippen LogP contribution in [0, 0.1) is 6.92 Å². The smallest absolute Gasteiger partial charge is 0.228 e. The molecule has 1 amide bonds. The SMILES string of the molecule is Cc1cccnc1CN1CCN(C(=O)CC2=CSC3=NCCN23)CC1. The number of amidine groups is 1. The largest absolute Gasteiger partial charge is 0.340 e. The number of piperazine rings is 1. The molecular weight excluding hydrogens is 334 g/mol. The molecule has 1 aromatic rings. The normalized spacial score (nSPS) is 20.5. The van der Waals surface area contributed by atoms with E-state index in [4.69, 9.17) is 0 Å². The number of pyridine rings is 1. The van der Waals surface area contributed by atoms with E-state index in [-0.39, 0.29) is 5.91 Å². The van der Waals surface area contributed by atoms with Crippen LogP contribution in [0.1, 0.15) is 17.7 Å². The van der Waals surface area contributed by atoms with E-state index in [1.54, 1.807) is 11.8 Å².